The molecule has 0 bridgehead atoms. The van der Waals surface area contributed by atoms with E-state index in [-0.39, 0.29) is 30.3 Å². The minimum Gasteiger partial charge on any atom is -0.322 e. The van der Waals surface area contributed by atoms with Crippen molar-refractivity contribution in [2.75, 3.05) is 5.32 Å². The molecule has 0 fully saturated rings. The van der Waals surface area contributed by atoms with Gasteiger partial charge in [0.05, 0.1) is 30.1 Å². The second kappa shape index (κ2) is 17.4. The summed E-state index contributed by atoms with van der Waals surface area (Å²) in [6, 6.07) is 4.87. The van der Waals surface area contributed by atoms with Crippen LogP contribution in [-0.2, 0) is 70.8 Å². The molecular formula is C35H22N2O26S7. The lowest BCUT2D eigenvalue weighted by Crippen LogP contribution is -2.18. The van der Waals surface area contributed by atoms with Gasteiger partial charge in [-0.1, -0.05) is 0 Å². The monoisotopic (exact) mass is 1110 g/mol. The van der Waals surface area contributed by atoms with Gasteiger partial charge in [0.15, 0.2) is 11.6 Å². The van der Waals surface area contributed by atoms with E-state index in [9.17, 15) is 115 Å². The summed E-state index contributed by atoms with van der Waals surface area (Å²) in [6.45, 7) is 0. The van der Waals surface area contributed by atoms with Crippen molar-refractivity contribution in [3.05, 3.63) is 123 Å². The molecule has 6 rings (SSSR count). The number of nitrogens with one attached hydrogen (secondary N) is 1. The summed E-state index contributed by atoms with van der Waals surface area (Å²) < 4.78 is 243. The molecule has 1 amide bonds. The van der Waals surface area contributed by atoms with E-state index in [0.29, 0.717) is 54.6 Å². The number of carbonyl (C=O) groups excluding carboxylic acids is 3. The van der Waals surface area contributed by atoms with Crippen LogP contribution in [0.2, 0.25) is 0 Å². The number of hydrogen-bond acceptors (Lipinski definition) is 19. The fourth-order valence-electron chi connectivity index (χ4n) is 6.70. The molecule has 0 radical (unpaired) electrons. The second-order valence-corrected chi connectivity index (χ2v) is 24.0. The fourth-order valence-corrected chi connectivity index (χ4v) is 11.3. The number of hydrogen-bond donors (Lipinski definition) is 8. The predicted molar refractivity (Wildman–Crippen MR) is 231 cm³/mol. The van der Waals surface area contributed by atoms with E-state index in [4.69, 9.17) is 0 Å². The van der Waals surface area contributed by atoms with Crippen molar-refractivity contribution in [3.8, 4) is 0 Å². The molecule has 0 aromatic heterocycles. The molecule has 0 saturated carbocycles. The number of nitro groups is 1. The van der Waals surface area contributed by atoms with Gasteiger partial charge in [0.2, 0.25) is 0 Å². The molecule has 0 unspecified atom stereocenters. The van der Waals surface area contributed by atoms with Gasteiger partial charge in [-0.2, -0.15) is 58.9 Å². The van der Waals surface area contributed by atoms with E-state index in [2.05, 4.69) is 0 Å². The molecule has 0 atom stereocenters. The number of nitro benzene ring substituents is 1. The number of non-ortho nitro benzene ring substituents is 1. The van der Waals surface area contributed by atoms with Gasteiger partial charge in [-0.25, -0.2) is 0 Å². The summed E-state index contributed by atoms with van der Waals surface area (Å²) in [5.41, 5.74) is -7.70. The van der Waals surface area contributed by atoms with Gasteiger partial charge in [-0.15, -0.1) is 0 Å². The van der Waals surface area contributed by atoms with Gasteiger partial charge in [-0.05, 0) is 83.6 Å². The molecule has 28 nitrogen and oxygen atoms in total. The van der Waals surface area contributed by atoms with Crippen LogP contribution < -0.4 is 5.32 Å². The van der Waals surface area contributed by atoms with Crippen LogP contribution in [0.3, 0.4) is 0 Å². The van der Waals surface area contributed by atoms with E-state index < -0.39 is 188 Å². The van der Waals surface area contributed by atoms with Crippen LogP contribution in [0.1, 0.15) is 42.2 Å². The Hall–Kier alpha value is -6.58. The summed E-state index contributed by atoms with van der Waals surface area (Å²) in [5, 5.41) is 9.26. The van der Waals surface area contributed by atoms with Crippen LogP contribution in [0.5, 0.6) is 0 Å². The third kappa shape index (κ3) is 10.8. The van der Waals surface area contributed by atoms with Crippen LogP contribution >= 0.6 is 0 Å². The number of amides is 1. The Bertz CT molecular complexity index is 4020. The Labute approximate surface area is 391 Å². The first-order chi connectivity index (χ1) is 31.7. The van der Waals surface area contributed by atoms with Gasteiger partial charge in [0.1, 0.15) is 14.7 Å². The number of fused-ring (bicyclic) bond motifs is 2. The van der Waals surface area contributed by atoms with E-state index in [0.717, 1.165) is 0 Å². The molecule has 0 saturated heterocycles. The zero-order valence-corrected chi connectivity index (χ0v) is 39.0. The molecule has 35 heteroatoms. The van der Waals surface area contributed by atoms with Crippen LogP contribution in [0.25, 0.3) is 21.5 Å². The number of anilines is 1. The highest BCUT2D eigenvalue weighted by Crippen LogP contribution is 2.37. The molecular weight excluding hydrogens is 1090 g/mol. The van der Waals surface area contributed by atoms with E-state index in [1.54, 1.807) is 0 Å². The molecule has 6 aromatic rings. The average Bonchev–Trinajstić information content (AvgIpc) is 3.21. The smallest absolute Gasteiger partial charge is 0.295 e. The maximum absolute atomic E-state index is 14.7. The number of rotatable bonds is 14. The number of carbonyl (C=O) groups is 3. The fraction of sp³-hybridized carbons (Fsp3) is 0. The maximum atomic E-state index is 14.7. The molecule has 70 heavy (non-hydrogen) atoms. The molecule has 0 spiro atoms. The molecule has 8 N–H and O–H groups in total. The average molecular weight is 1110 g/mol. The maximum Gasteiger partial charge on any atom is 0.295 e. The summed E-state index contributed by atoms with van der Waals surface area (Å²) in [6.07, 6.45) is 0. The summed E-state index contributed by atoms with van der Waals surface area (Å²) in [7, 11) is -39.0. The highest BCUT2D eigenvalue weighted by molar-refractivity contribution is 7.88. The summed E-state index contributed by atoms with van der Waals surface area (Å²) >= 11 is 0. The van der Waals surface area contributed by atoms with Crippen molar-refractivity contribution in [2.24, 2.45) is 0 Å². The Morgan fingerprint density at radius 3 is 1.07 bits per heavy atom. The third-order valence-electron chi connectivity index (χ3n) is 9.57. The summed E-state index contributed by atoms with van der Waals surface area (Å²) in [5.74, 6) is -5.15. The molecule has 0 aliphatic rings. The SMILES string of the molecule is O=C(Nc1cc(C(=O)c2cc(S(=O)(=O)O)cc3cc(S(=O)(=O)O)cc(S(=O)(=O)O)c23)cc(C(=O)c2cc(S(=O)(=O)O)cc3cc(S(=O)(=O)O)cc(S(=O)(=O)O)c23)c1)c1ccc([N+](=O)[O-])cc1S(=O)(=O)O. The standard InChI is InChI=1S/C35H22N2O26S7/c38-33(26-11-21(64(43,44)45)6-15-8-23(66(49,50)51)13-29(31(15)26)69(58,59)60)17-3-18(5-19(4-17)36-35(40)25-2-1-20(37(41)42)10-28(25)68(55,56)57)34(39)27-12-22(65(46,47)48)7-16-9-24(67(52,53)54)14-30(32(16)27)70(61,62)63/h1-14H,(H,36,40)(H,43,44,45)(H,46,47,48)(H,49,50,51)(H,52,53,54)(H,55,56,57)(H,58,59,60)(H,61,62,63). The molecule has 0 heterocycles. The van der Waals surface area contributed by atoms with Gasteiger partial charge >= 0.3 is 0 Å². The molecule has 370 valence electrons. The lowest BCUT2D eigenvalue weighted by Gasteiger charge is -2.16. The van der Waals surface area contributed by atoms with Crippen molar-refractivity contribution >= 4 is 121 Å². The van der Waals surface area contributed by atoms with Crippen LogP contribution in [-0.4, -0.2) is 113 Å². The van der Waals surface area contributed by atoms with Gasteiger partial charge in [-0.3, -0.25) is 56.4 Å². The second-order valence-electron chi connectivity index (χ2n) is 14.2. The number of ketones is 2. The quantitative estimate of drug-likeness (QED) is 0.0336. The van der Waals surface area contributed by atoms with Crippen LogP contribution in [0.4, 0.5) is 11.4 Å². The zero-order valence-electron chi connectivity index (χ0n) is 33.3. The predicted octanol–water partition coefficient (Wildman–Crippen LogP) is 2.34. The minimum absolute atomic E-state index is 0.0903. The van der Waals surface area contributed by atoms with Crippen molar-refractivity contribution in [1.29, 1.82) is 0 Å². The Morgan fingerprint density at radius 2 is 0.757 bits per heavy atom. The topological polar surface area (TPSA) is 487 Å². The lowest BCUT2D eigenvalue weighted by molar-refractivity contribution is -0.385. The molecule has 0 aliphatic heterocycles. The van der Waals surface area contributed by atoms with Crippen molar-refractivity contribution in [1.82, 2.24) is 0 Å². The highest BCUT2D eigenvalue weighted by atomic mass is 32.2. The highest BCUT2D eigenvalue weighted by Gasteiger charge is 2.32. The Morgan fingerprint density at radius 1 is 0.414 bits per heavy atom. The Kier molecular flexibility index (Phi) is 13.1. The molecule has 0 aliphatic carbocycles. The largest absolute Gasteiger partial charge is 0.322 e. The van der Waals surface area contributed by atoms with E-state index >= 15 is 0 Å². The number of benzene rings is 6. The third-order valence-corrected chi connectivity index (χ3v) is 15.5. The first-order valence-corrected chi connectivity index (χ1v) is 27.7. The normalized spacial score (nSPS) is 13.0. The van der Waals surface area contributed by atoms with Gasteiger partial charge < -0.3 is 5.32 Å². The first kappa shape index (κ1) is 52.8. The van der Waals surface area contributed by atoms with Crippen LogP contribution in [0.15, 0.2) is 119 Å². The van der Waals surface area contributed by atoms with Gasteiger partial charge in [0, 0.05) is 50.8 Å². The van der Waals surface area contributed by atoms with Crippen molar-refractivity contribution in [2.45, 2.75) is 34.3 Å². The van der Waals surface area contributed by atoms with Crippen molar-refractivity contribution in [3.63, 3.8) is 0 Å². The van der Waals surface area contributed by atoms with Gasteiger partial charge in [0.25, 0.3) is 82.4 Å². The first-order valence-electron chi connectivity index (χ1n) is 17.6. The summed E-state index contributed by atoms with van der Waals surface area (Å²) in [4.78, 5) is 43.5. The lowest BCUT2D eigenvalue weighted by atomic mass is 9.92. The Balaban J connectivity index is 1.75. The van der Waals surface area contributed by atoms with Crippen LogP contribution in [0, 0.1) is 10.1 Å². The number of nitrogens with zero attached hydrogens (tertiary/aromatic N) is 1. The van der Waals surface area contributed by atoms with Crippen molar-refractivity contribution < 1.29 is 110 Å². The van der Waals surface area contributed by atoms with E-state index in [1.165, 1.54) is 0 Å². The van der Waals surface area contributed by atoms with E-state index in [1.807, 2.05) is 5.32 Å². The minimum atomic E-state index is -5.76. The molecule has 6 aromatic carbocycles. The zero-order chi connectivity index (χ0) is 52.8.